The molecule has 5 nitrogen and oxygen atoms in total. The van der Waals surface area contributed by atoms with E-state index in [2.05, 4.69) is 170 Å². The summed E-state index contributed by atoms with van der Waals surface area (Å²) in [4.78, 5) is 13.7. The number of hydrogen-bond donors (Lipinski definition) is 0. The molecule has 2 aliphatic rings. The summed E-state index contributed by atoms with van der Waals surface area (Å²) >= 11 is 0. The molecule has 0 bridgehead atoms. The summed E-state index contributed by atoms with van der Waals surface area (Å²) in [6.07, 6.45) is 3.22. The van der Waals surface area contributed by atoms with E-state index in [-0.39, 0.29) is 28.4 Å². The maximum absolute atomic E-state index is 4.73. The first-order valence-electron chi connectivity index (χ1n) is 19.9. The lowest BCUT2D eigenvalue weighted by Gasteiger charge is -2.35. The van der Waals surface area contributed by atoms with Gasteiger partial charge in [-0.2, -0.15) is 0 Å². The number of rotatable bonds is 1. The quantitative estimate of drug-likeness (QED) is 0.159. The summed E-state index contributed by atoms with van der Waals surface area (Å²) in [6, 6.07) is 28.9. The summed E-state index contributed by atoms with van der Waals surface area (Å²) in [5, 5.41) is 5.38. The third-order valence-corrected chi connectivity index (χ3v) is 12.5. The number of nitrogens with zero attached hydrogens (tertiary/aromatic N) is 5. The lowest BCUT2D eigenvalue weighted by atomic mass is 9.34. The molecular weight excluding hydrogens is 669 g/mol. The third kappa shape index (κ3) is 4.69. The molecule has 0 atom stereocenters. The molecule has 0 unspecified atom stereocenters. The minimum atomic E-state index is -0.0566. The monoisotopic (exact) mass is 719 g/mol. The second-order valence-corrected chi connectivity index (χ2v) is 20.3. The van der Waals surface area contributed by atoms with Crippen LogP contribution in [0.3, 0.4) is 0 Å². The van der Waals surface area contributed by atoms with Crippen molar-refractivity contribution in [1.29, 1.82) is 0 Å². The van der Waals surface area contributed by atoms with E-state index in [1.54, 1.807) is 12.7 Å². The van der Waals surface area contributed by atoms with E-state index in [0.717, 1.165) is 5.56 Å². The van der Waals surface area contributed by atoms with Gasteiger partial charge in [0, 0.05) is 49.5 Å². The molecule has 5 aromatic carbocycles. The van der Waals surface area contributed by atoms with E-state index in [1.807, 2.05) is 0 Å². The second-order valence-electron chi connectivity index (χ2n) is 20.3. The van der Waals surface area contributed by atoms with E-state index in [9.17, 15) is 0 Å². The van der Waals surface area contributed by atoms with Crippen LogP contribution < -0.4 is 16.4 Å². The minimum absolute atomic E-state index is 0.0164. The first kappa shape index (κ1) is 34.3. The first-order valence-corrected chi connectivity index (χ1v) is 19.9. The van der Waals surface area contributed by atoms with Gasteiger partial charge in [0.2, 0.25) is 0 Å². The highest BCUT2D eigenvalue weighted by atomic mass is 15.0. The Morgan fingerprint density at radius 2 is 0.927 bits per heavy atom. The van der Waals surface area contributed by atoms with Gasteiger partial charge in [-0.15, -0.1) is 0 Å². The number of aromatic nitrogens is 5. The zero-order valence-electron chi connectivity index (χ0n) is 34.4. The van der Waals surface area contributed by atoms with Gasteiger partial charge in [0.1, 0.15) is 12.7 Å². The summed E-state index contributed by atoms with van der Waals surface area (Å²) in [7, 11) is 0. The minimum Gasteiger partial charge on any atom is -0.310 e. The van der Waals surface area contributed by atoms with Crippen molar-refractivity contribution in [3.63, 3.8) is 0 Å². The summed E-state index contributed by atoms with van der Waals surface area (Å²) < 4.78 is 5.16. The normalized spacial score (nSPS) is 14.1. The SMILES string of the molecule is CC(C)(C)c1ccc2c(c1)c1c(C(C)(C)C)ccc3c1n2-c1cc(-c2ncncn2)cc2c1B3c1ccc(C(C)(C)C)c3c4cc(C(C)(C)C)ccc4n-2c13. The molecule has 0 spiro atoms. The van der Waals surface area contributed by atoms with Gasteiger partial charge < -0.3 is 9.13 Å². The third-order valence-electron chi connectivity index (χ3n) is 12.5. The summed E-state index contributed by atoms with van der Waals surface area (Å²) in [5.41, 5.74) is 18.0. The van der Waals surface area contributed by atoms with Crippen LogP contribution in [-0.2, 0) is 21.7 Å². The molecule has 0 aliphatic carbocycles. The van der Waals surface area contributed by atoms with E-state index in [4.69, 9.17) is 9.97 Å². The van der Waals surface area contributed by atoms with Crippen LogP contribution >= 0.6 is 0 Å². The van der Waals surface area contributed by atoms with E-state index in [1.165, 1.54) is 93.6 Å². The van der Waals surface area contributed by atoms with Gasteiger partial charge in [0.05, 0.1) is 11.0 Å². The smallest absolute Gasteiger partial charge is 0.252 e. The Morgan fingerprint density at radius 3 is 1.33 bits per heavy atom. The molecule has 5 heterocycles. The highest BCUT2D eigenvalue weighted by Crippen LogP contribution is 2.46. The number of hydrogen-bond acceptors (Lipinski definition) is 3. The van der Waals surface area contributed by atoms with Crippen LogP contribution in [0.5, 0.6) is 0 Å². The predicted molar refractivity (Wildman–Crippen MR) is 233 cm³/mol. The van der Waals surface area contributed by atoms with Gasteiger partial charge in [-0.25, -0.2) is 15.0 Å². The maximum Gasteiger partial charge on any atom is 0.252 e. The van der Waals surface area contributed by atoms with Gasteiger partial charge in [-0.1, -0.05) is 119 Å². The Hall–Kier alpha value is -5.23. The van der Waals surface area contributed by atoms with Gasteiger partial charge in [0.25, 0.3) is 6.71 Å². The van der Waals surface area contributed by atoms with Crippen LogP contribution in [0.15, 0.2) is 85.5 Å². The van der Waals surface area contributed by atoms with Crippen molar-refractivity contribution < 1.29 is 0 Å². The van der Waals surface area contributed by atoms with Gasteiger partial charge >= 0.3 is 0 Å². The van der Waals surface area contributed by atoms with E-state index < -0.39 is 0 Å². The molecule has 3 aromatic heterocycles. The molecule has 8 aromatic rings. The topological polar surface area (TPSA) is 48.5 Å². The van der Waals surface area contributed by atoms with E-state index in [0.29, 0.717) is 5.82 Å². The number of fused-ring (bicyclic) bond motifs is 10. The standard InChI is InChI=1S/C49H50BN5/c1-46(2,3)28-13-19-36-30(23-28)40-32(48(7,8)9)15-17-34-43(40)54(36)38-21-27(45-52-25-51-26-53-45)22-39-42(38)50(34)35-18-16-33(49(10,11)12)41-31-24-29(47(4,5)6)14-20-37(31)55(39)44(35)41/h13-26H,1-12H3. The fourth-order valence-electron chi connectivity index (χ4n) is 9.78. The molecule has 2 aliphatic heterocycles. The molecule has 10 rings (SSSR count). The highest BCUT2D eigenvalue weighted by Gasteiger charge is 2.43. The van der Waals surface area contributed by atoms with E-state index >= 15 is 0 Å². The van der Waals surface area contributed by atoms with Crippen molar-refractivity contribution in [1.82, 2.24) is 24.1 Å². The Labute approximate surface area is 324 Å². The van der Waals surface area contributed by atoms with Crippen LogP contribution in [0, 0.1) is 0 Å². The average molecular weight is 720 g/mol. The summed E-state index contributed by atoms with van der Waals surface area (Å²) in [5.74, 6) is 0.680. The fraction of sp³-hybridized carbons (Fsp3) is 0.327. The van der Waals surface area contributed by atoms with Gasteiger partial charge in [-0.3, -0.25) is 0 Å². The fourth-order valence-corrected chi connectivity index (χ4v) is 9.78. The van der Waals surface area contributed by atoms with Crippen LogP contribution in [0.1, 0.15) is 105 Å². The van der Waals surface area contributed by atoms with Gasteiger partial charge in [0.15, 0.2) is 5.82 Å². The van der Waals surface area contributed by atoms with Crippen molar-refractivity contribution in [2.24, 2.45) is 0 Å². The molecule has 0 fully saturated rings. The first-order chi connectivity index (χ1) is 25.8. The van der Waals surface area contributed by atoms with Crippen molar-refractivity contribution in [3.8, 4) is 22.8 Å². The molecule has 0 amide bonds. The molecule has 0 radical (unpaired) electrons. The van der Waals surface area contributed by atoms with Gasteiger partial charge in [-0.05, 0) is 96.7 Å². The average Bonchev–Trinajstić information content (AvgIpc) is 3.64. The molecule has 0 saturated carbocycles. The zero-order valence-corrected chi connectivity index (χ0v) is 34.4. The van der Waals surface area contributed by atoms with Crippen molar-refractivity contribution in [3.05, 3.63) is 108 Å². The van der Waals surface area contributed by atoms with Crippen molar-refractivity contribution in [2.75, 3.05) is 0 Å². The Kier molecular flexibility index (Phi) is 6.70. The lowest BCUT2D eigenvalue weighted by molar-refractivity contribution is 0.590. The molecule has 0 saturated heterocycles. The van der Waals surface area contributed by atoms with Crippen molar-refractivity contribution in [2.45, 2.75) is 105 Å². The number of benzene rings is 5. The zero-order chi connectivity index (χ0) is 38.7. The summed E-state index contributed by atoms with van der Waals surface area (Å²) in [6.45, 7) is 28.1. The Bertz CT molecular complexity index is 2770. The molecule has 55 heavy (non-hydrogen) atoms. The van der Waals surface area contributed by atoms with Crippen LogP contribution in [-0.4, -0.2) is 30.8 Å². The largest absolute Gasteiger partial charge is 0.310 e. The lowest BCUT2D eigenvalue weighted by Crippen LogP contribution is -2.59. The molecular formula is C49H50BN5. The second kappa shape index (κ2) is 10.7. The van der Waals surface area contributed by atoms with Crippen LogP contribution in [0.4, 0.5) is 0 Å². The highest BCUT2D eigenvalue weighted by molar-refractivity contribution is 7.00. The Balaban J connectivity index is 1.45. The Morgan fingerprint density at radius 1 is 0.491 bits per heavy atom. The van der Waals surface area contributed by atoms with Crippen LogP contribution in [0.2, 0.25) is 0 Å². The predicted octanol–water partition coefficient (Wildman–Crippen LogP) is 10.1. The van der Waals surface area contributed by atoms with Crippen molar-refractivity contribution >= 4 is 66.7 Å². The molecule has 6 heteroatoms. The maximum atomic E-state index is 4.73. The molecule has 0 N–H and O–H groups in total. The molecule has 274 valence electrons. The van der Waals surface area contributed by atoms with Crippen LogP contribution in [0.25, 0.3) is 66.4 Å².